The molecule has 0 radical (unpaired) electrons. The van der Waals surface area contributed by atoms with Gasteiger partial charge in [-0.3, -0.25) is 4.79 Å². The lowest BCUT2D eigenvalue weighted by Gasteiger charge is -2.60. The third-order valence-corrected chi connectivity index (χ3v) is 10.5. The zero-order chi connectivity index (χ0) is 24.3. The molecule has 3 fully saturated rings. The molecule has 0 saturated heterocycles. The number of aliphatic hydroxyl groups is 3. The highest BCUT2D eigenvalue weighted by molar-refractivity contribution is 5.76. The van der Waals surface area contributed by atoms with Crippen LogP contribution in [0.3, 0.4) is 0 Å². The molecule has 0 aromatic rings. The number of carboxylic acids is 1. The van der Waals surface area contributed by atoms with Crippen molar-refractivity contribution in [2.45, 2.75) is 97.4 Å². The fraction of sp³-hybridized carbons (Fsp3) is 0.821. The molecule has 4 aliphatic rings. The minimum absolute atomic E-state index is 0.0119. The van der Waals surface area contributed by atoms with Crippen LogP contribution in [-0.2, 0) is 4.79 Å². The van der Waals surface area contributed by atoms with Gasteiger partial charge in [0.15, 0.2) is 0 Å². The second-order valence-electron chi connectivity index (χ2n) is 12.3. The van der Waals surface area contributed by atoms with E-state index in [-0.39, 0.29) is 36.0 Å². The number of aliphatic hydroxyl groups excluding tert-OH is 3. The van der Waals surface area contributed by atoms with Crippen molar-refractivity contribution >= 4 is 5.97 Å². The van der Waals surface area contributed by atoms with Gasteiger partial charge in [-0.25, -0.2) is 0 Å². The molecular formula is C28H44O5. The fourth-order valence-corrected chi connectivity index (χ4v) is 8.60. The number of aliphatic carboxylic acids is 1. The van der Waals surface area contributed by atoms with Gasteiger partial charge in [0.05, 0.1) is 23.7 Å². The van der Waals surface area contributed by atoms with Gasteiger partial charge in [0, 0.05) is 11.8 Å². The summed E-state index contributed by atoms with van der Waals surface area (Å²) in [6, 6.07) is 0. The van der Waals surface area contributed by atoms with Crippen LogP contribution in [0.1, 0.15) is 79.1 Å². The second-order valence-corrected chi connectivity index (χ2v) is 12.3. The summed E-state index contributed by atoms with van der Waals surface area (Å²) in [6.45, 7) is 12.7. The van der Waals surface area contributed by atoms with E-state index in [2.05, 4.69) is 33.4 Å². The zero-order valence-electron chi connectivity index (χ0n) is 20.8. The Labute approximate surface area is 199 Å². The molecule has 0 aliphatic heterocycles. The molecule has 4 rings (SSSR count). The number of hydrogen-bond donors (Lipinski definition) is 4. The van der Waals surface area contributed by atoms with E-state index >= 15 is 0 Å². The minimum Gasteiger partial charge on any atom is -0.481 e. The van der Waals surface area contributed by atoms with Crippen LogP contribution < -0.4 is 0 Å². The van der Waals surface area contributed by atoms with Crippen molar-refractivity contribution < 1.29 is 25.2 Å². The van der Waals surface area contributed by atoms with Crippen molar-refractivity contribution in [2.75, 3.05) is 0 Å². The van der Waals surface area contributed by atoms with Crippen LogP contribution in [0.5, 0.6) is 0 Å². The molecule has 0 heterocycles. The van der Waals surface area contributed by atoms with Crippen molar-refractivity contribution in [1.82, 2.24) is 0 Å². The summed E-state index contributed by atoms with van der Waals surface area (Å²) in [5, 5.41) is 43.5. The first-order valence-electron chi connectivity index (χ1n) is 13.1. The molecule has 0 bridgehead atoms. The molecule has 5 heteroatoms. The molecule has 4 aliphatic carbocycles. The Bertz CT molecular complexity index is 817. The van der Waals surface area contributed by atoms with Gasteiger partial charge in [0.25, 0.3) is 0 Å². The molecule has 0 amide bonds. The predicted molar refractivity (Wildman–Crippen MR) is 128 cm³/mol. The van der Waals surface area contributed by atoms with E-state index in [9.17, 15) is 25.2 Å². The van der Waals surface area contributed by atoms with Crippen LogP contribution in [0.25, 0.3) is 0 Å². The van der Waals surface area contributed by atoms with Crippen LogP contribution >= 0.6 is 0 Å². The molecule has 33 heavy (non-hydrogen) atoms. The van der Waals surface area contributed by atoms with E-state index in [0.717, 1.165) is 37.7 Å². The maximum absolute atomic E-state index is 13.0. The summed E-state index contributed by atoms with van der Waals surface area (Å²) in [6.07, 6.45) is 5.60. The normalized spacial score (nSPS) is 45.6. The lowest BCUT2D eigenvalue weighted by molar-refractivity contribution is -0.188. The largest absolute Gasteiger partial charge is 0.481 e. The van der Waals surface area contributed by atoms with E-state index in [1.54, 1.807) is 0 Å². The second kappa shape index (κ2) is 8.80. The van der Waals surface area contributed by atoms with E-state index < -0.39 is 35.1 Å². The van der Waals surface area contributed by atoms with Crippen LogP contribution in [0, 0.1) is 46.3 Å². The smallest absolute Gasteiger partial charge is 0.310 e. The Morgan fingerprint density at radius 1 is 1.21 bits per heavy atom. The summed E-state index contributed by atoms with van der Waals surface area (Å²) < 4.78 is 0. The van der Waals surface area contributed by atoms with Crippen LogP contribution in [-0.4, -0.2) is 44.7 Å². The van der Waals surface area contributed by atoms with Gasteiger partial charge >= 0.3 is 5.97 Å². The Morgan fingerprint density at radius 2 is 1.91 bits per heavy atom. The van der Waals surface area contributed by atoms with Gasteiger partial charge in [0.1, 0.15) is 0 Å². The lowest BCUT2D eigenvalue weighted by Crippen LogP contribution is -2.62. The van der Waals surface area contributed by atoms with Crippen LogP contribution in [0.15, 0.2) is 23.8 Å². The van der Waals surface area contributed by atoms with Crippen molar-refractivity contribution in [3.63, 3.8) is 0 Å². The van der Waals surface area contributed by atoms with Crippen molar-refractivity contribution in [2.24, 2.45) is 46.3 Å². The molecule has 10 atom stereocenters. The number of carbonyl (C=O) groups is 1. The Morgan fingerprint density at radius 3 is 2.55 bits per heavy atom. The minimum atomic E-state index is -0.903. The molecule has 0 aromatic carbocycles. The van der Waals surface area contributed by atoms with Crippen LogP contribution in [0.4, 0.5) is 0 Å². The maximum atomic E-state index is 13.0. The van der Waals surface area contributed by atoms with Crippen molar-refractivity contribution in [3.8, 4) is 0 Å². The highest BCUT2D eigenvalue weighted by Gasteiger charge is 2.67. The molecule has 4 N–H and O–H groups in total. The molecule has 0 aromatic heterocycles. The van der Waals surface area contributed by atoms with E-state index in [1.807, 2.05) is 6.92 Å². The summed E-state index contributed by atoms with van der Waals surface area (Å²) >= 11 is 0. The first-order valence-corrected chi connectivity index (χ1v) is 13.1. The third kappa shape index (κ3) is 3.73. The number of hydrogen-bond acceptors (Lipinski definition) is 4. The van der Waals surface area contributed by atoms with Crippen molar-refractivity contribution in [3.05, 3.63) is 23.8 Å². The lowest BCUT2D eigenvalue weighted by atomic mass is 9.45. The van der Waals surface area contributed by atoms with E-state index in [0.29, 0.717) is 18.8 Å². The molecule has 186 valence electrons. The topological polar surface area (TPSA) is 98.0 Å². The maximum Gasteiger partial charge on any atom is 0.310 e. The Hall–Kier alpha value is -1.17. The van der Waals surface area contributed by atoms with E-state index in [1.165, 1.54) is 5.57 Å². The predicted octanol–water partition coefficient (Wildman–Crippen LogP) is 4.56. The molecule has 0 spiro atoms. The zero-order valence-corrected chi connectivity index (χ0v) is 20.8. The first-order chi connectivity index (χ1) is 15.4. The quantitative estimate of drug-likeness (QED) is 0.436. The molecular weight excluding hydrogens is 416 g/mol. The number of carboxylic acid groups (broad SMARTS) is 1. The highest BCUT2D eigenvalue weighted by atomic mass is 16.4. The van der Waals surface area contributed by atoms with E-state index in [4.69, 9.17) is 0 Å². The number of rotatable bonds is 6. The van der Waals surface area contributed by atoms with Crippen molar-refractivity contribution in [1.29, 1.82) is 0 Å². The third-order valence-electron chi connectivity index (χ3n) is 10.5. The van der Waals surface area contributed by atoms with Gasteiger partial charge in [-0.05, 0) is 80.5 Å². The van der Waals surface area contributed by atoms with Gasteiger partial charge in [0.2, 0.25) is 0 Å². The average molecular weight is 461 g/mol. The van der Waals surface area contributed by atoms with Gasteiger partial charge in [-0.1, -0.05) is 51.5 Å². The molecule has 3 saturated carbocycles. The standard InChI is InChI=1S/C28H44O5/c1-15(2)16(3)6-7-17(4)21-10-11-22-20-9-8-18-12-19(29)13-24(31)27(18,5)25(20)23(30)14-28(21,22)26(32)33/h8,15,17,19-25,29-31H,3,6-7,9-14H2,1-2,4-5H3,(H,32,33). The average Bonchev–Trinajstić information content (AvgIpc) is 3.13. The van der Waals surface area contributed by atoms with Gasteiger partial charge < -0.3 is 20.4 Å². The van der Waals surface area contributed by atoms with Gasteiger partial charge in [-0.2, -0.15) is 0 Å². The monoisotopic (exact) mass is 460 g/mol. The summed E-state index contributed by atoms with van der Waals surface area (Å²) in [5.41, 5.74) is 0.771. The number of fused-ring (bicyclic) bond motifs is 5. The van der Waals surface area contributed by atoms with Crippen LogP contribution in [0.2, 0.25) is 0 Å². The Balaban J connectivity index is 1.65. The summed E-state index contributed by atoms with van der Waals surface area (Å²) in [4.78, 5) is 13.0. The summed E-state index contributed by atoms with van der Waals surface area (Å²) in [5.74, 6) is -0.112. The van der Waals surface area contributed by atoms with Gasteiger partial charge in [-0.15, -0.1) is 0 Å². The molecule has 10 unspecified atom stereocenters. The summed E-state index contributed by atoms with van der Waals surface area (Å²) in [7, 11) is 0. The fourth-order valence-electron chi connectivity index (χ4n) is 8.60. The SMILES string of the molecule is C=C(CCC(C)C1CCC2C3CC=C4CC(O)CC(O)C4(C)C3C(O)CC12C(=O)O)C(C)C. The highest BCUT2D eigenvalue weighted by Crippen LogP contribution is 2.67. The molecule has 5 nitrogen and oxygen atoms in total. The Kier molecular flexibility index (Phi) is 6.65. The number of allylic oxidation sites excluding steroid dienone is 2. The first kappa shape index (κ1) is 24.9.